The van der Waals surface area contributed by atoms with E-state index in [-0.39, 0.29) is 35.1 Å². The summed E-state index contributed by atoms with van der Waals surface area (Å²) in [5.41, 5.74) is 1.48. The summed E-state index contributed by atoms with van der Waals surface area (Å²) in [6.07, 6.45) is 4.15. The van der Waals surface area contributed by atoms with Crippen LogP contribution in [0.3, 0.4) is 0 Å². The SMILES string of the molecule is CC1CC1c1noc(-c2ncn3c2c(=O)n(Cc2ccccn2)c2c(F)cccc23)n1. The summed E-state index contributed by atoms with van der Waals surface area (Å²) >= 11 is 0. The number of imidazole rings is 1. The lowest BCUT2D eigenvalue weighted by atomic mass is 10.2. The Kier molecular flexibility index (Phi) is 3.80. The van der Waals surface area contributed by atoms with Gasteiger partial charge in [-0.2, -0.15) is 4.98 Å². The zero-order valence-electron chi connectivity index (χ0n) is 16.6. The average Bonchev–Trinajstić information content (AvgIpc) is 3.17. The van der Waals surface area contributed by atoms with Crippen molar-refractivity contribution in [3.05, 3.63) is 76.6 Å². The van der Waals surface area contributed by atoms with Crippen molar-refractivity contribution < 1.29 is 8.91 Å². The molecule has 0 saturated heterocycles. The van der Waals surface area contributed by atoms with Gasteiger partial charge < -0.3 is 4.52 Å². The van der Waals surface area contributed by atoms with Crippen molar-refractivity contribution in [3.8, 4) is 11.6 Å². The zero-order valence-corrected chi connectivity index (χ0v) is 16.6. The number of aromatic nitrogens is 6. The third-order valence-corrected chi connectivity index (χ3v) is 5.84. The van der Waals surface area contributed by atoms with Gasteiger partial charge in [-0.15, -0.1) is 0 Å². The van der Waals surface area contributed by atoms with Gasteiger partial charge in [0.2, 0.25) is 0 Å². The van der Waals surface area contributed by atoms with Crippen molar-refractivity contribution >= 4 is 16.6 Å². The summed E-state index contributed by atoms with van der Waals surface area (Å²) in [6, 6.07) is 10.1. The second-order valence-corrected chi connectivity index (χ2v) is 7.91. The highest BCUT2D eigenvalue weighted by Gasteiger charge is 2.38. The van der Waals surface area contributed by atoms with Gasteiger partial charge in [-0.1, -0.05) is 24.2 Å². The monoisotopic (exact) mass is 416 g/mol. The molecule has 8 nitrogen and oxygen atoms in total. The molecule has 1 aromatic carbocycles. The molecule has 2 unspecified atom stereocenters. The molecule has 0 bridgehead atoms. The maximum absolute atomic E-state index is 14.9. The van der Waals surface area contributed by atoms with Crippen LogP contribution in [0.25, 0.3) is 28.1 Å². The molecule has 154 valence electrons. The molecule has 0 N–H and O–H groups in total. The molecule has 0 radical (unpaired) electrons. The van der Waals surface area contributed by atoms with E-state index in [0.29, 0.717) is 23.0 Å². The molecule has 1 aliphatic rings. The lowest BCUT2D eigenvalue weighted by Gasteiger charge is -2.13. The van der Waals surface area contributed by atoms with Gasteiger partial charge in [0.25, 0.3) is 11.4 Å². The van der Waals surface area contributed by atoms with Gasteiger partial charge in [0.15, 0.2) is 11.5 Å². The van der Waals surface area contributed by atoms with Crippen molar-refractivity contribution in [1.82, 2.24) is 29.1 Å². The van der Waals surface area contributed by atoms with Gasteiger partial charge in [0, 0.05) is 12.1 Å². The summed E-state index contributed by atoms with van der Waals surface area (Å²) in [5, 5.41) is 4.07. The maximum atomic E-state index is 14.9. The molecule has 6 rings (SSSR count). The fourth-order valence-electron chi connectivity index (χ4n) is 4.05. The number of rotatable bonds is 4. The number of fused-ring (bicyclic) bond motifs is 3. The predicted molar refractivity (Wildman–Crippen MR) is 110 cm³/mol. The Hall–Kier alpha value is -3.88. The first-order valence-corrected chi connectivity index (χ1v) is 10.0. The molecule has 0 amide bonds. The second-order valence-electron chi connectivity index (χ2n) is 7.91. The van der Waals surface area contributed by atoms with Gasteiger partial charge in [-0.25, -0.2) is 9.37 Å². The van der Waals surface area contributed by atoms with Crippen molar-refractivity contribution in [1.29, 1.82) is 0 Å². The number of para-hydroxylation sites is 1. The largest absolute Gasteiger partial charge is 0.332 e. The minimum absolute atomic E-state index is 0.118. The Morgan fingerprint density at radius 1 is 1.16 bits per heavy atom. The first-order chi connectivity index (χ1) is 15.1. The van der Waals surface area contributed by atoms with E-state index in [2.05, 4.69) is 27.0 Å². The molecule has 2 atom stereocenters. The van der Waals surface area contributed by atoms with Crippen LogP contribution in [0.4, 0.5) is 4.39 Å². The normalized spacial score (nSPS) is 18.1. The van der Waals surface area contributed by atoms with E-state index in [0.717, 1.165) is 6.42 Å². The van der Waals surface area contributed by atoms with Crippen LogP contribution >= 0.6 is 0 Å². The number of nitrogens with zero attached hydrogens (tertiary/aromatic N) is 6. The van der Waals surface area contributed by atoms with Gasteiger partial charge >= 0.3 is 0 Å². The number of halogens is 1. The quantitative estimate of drug-likeness (QED) is 0.446. The first-order valence-electron chi connectivity index (χ1n) is 10.0. The number of benzene rings is 1. The summed E-state index contributed by atoms with van der Waals surface area (Å²) in [4.78, 5) is 26.7. The molecular weight excluding hydrogens is 399 g/mol. The summed E-state index contributed by atoms with van der Waals surface area (Å²) in [5.74, 6) is 1.12. The van der Waals surface area contributed by atoms with E-state index in [1.807, 2.05) is 6.07 Å². The van der Waals surface area contributed by atoms with E-state index < -0.39 is 11.4 Å². The van der Waals surface area contributed by atoms with Crippen molar-refractivity contribution in [3.63, 3.8) is 0 Å². The van der Waals surface area contributed by atoms with Crippen molar-refractivity contribution in [2.75, 3.05) is 0 Å². The topological polar surface area (TPSA) is 91.1 Å². The van der Waals surface area contributed by atoms with Crippen LogP contribution in [0.1, 0.15) is 30.8 Å². The first kappa shape index (κ1) is 17.9. The second kappa shape index (κ2) is 6.56. The average molecular weight is 416 g/mol. The van der Waals surface area contributed by atoms with Crippen LogP contribution in [-0.4, -0.2) is 29.1 Å². The van der Waals surface area contributed by atoms with Crippen LogP contribution in [0.5, 0.6) is 0 Å². The highest BCUT2D eigenvalue weighted by atomic mass is 19.1. The standard InChI is InChI=1S/C22H17FN6O2/c1-12-9-14(12)20-26-21(31-27-20)17-19-22(30)28(10-13-5-2-3-8-24-13)18-15(23)6-4-7-16(18)29(19)11-25-17/h2-8,11-12,14H,9-10H2,1H3. The zero-order chi connectivity index (χ0) is 21.1. The van der Waals surface area contributed by atoms with E-state index in [1.54, 1.807) is 34.9 Å². The number of hydrogen-bond acceptors (Lipinski definition) is 6. The van der Waals surface area contributed by atoms with Gasteiger partial charge in [0.1, 0.15) is 23.2 Å². The van der Waals surface area contributed by atoms with Crippen molar-refractivity contribution in [2.24, 2.45) is 5.92 Å². The van der Waals surface area contributed by atoms with Crippen molar-refractivity contribution in [2.45, 2.75) is 25.8 Å². The van der Waals surface area contributed by atoms with E-state index >= 15 is 0 Å². The van der Waals surface area contributed by atoms with Crippen LogP contribution in [0, 0.1) is 11.7 Å². The molecule has 1 aliphatic carbocycles. The summed E-state index contributed by atoms with van der Waals surface area (Å²) in [6.45, 7) is 2.25. The van der Waals surface area contributed by atoms with Gasteiger partial charge in [-0.3, -0.25) is 18.7 Å². The van der Waals surface area contributed by atoms with Crippen LogP contribution in [-0.2, 0) is 6.54 Å². The Morgan fingerprint density at radius 3 is 2.81 bits per heavy atom. The smallest absolute Gasteiger partial charge is 0.278 e. The Bertz CT molecular complexity index is 1500. The number of pyridine rings is 1. The Balaban J connectivity index is 1.61. The molecule has 9 heteroatoms. The molecule has 5 aromatic rings. The fourth-order valence-corrected chi connectivity index (χ4v) is 4.05. The summed E-state index contributed by atoms with van der Waals surface area (Å²) in [7, 11) is 0. The minimum atomic E-state index is -0.495. The fraction of sp³-hybridized carbons (Fsp3) is 0.227. The van der Waals surface area contributed by atoms with E-state index in [9.17, 15) is 9.18 Å². The lowest BCUT2D eigenvalue weighted by Crippen LogP contribution is -2.24. The third kappa shape index (κ3) is 2.77. The molecular formula is C22H17FN6O2. The maximum Gasteiger partial charge on any atom is 0.278 e. The molecule has 4 aromatic heterocycles. The molecule has 1 fully saturated rings. The minimum Gasteiger partial charge on any atom is -0.332 e. The molecule has 0 spiro atoms. The van der Waals surface area contributed by atoms with Crippen LogP contribution in [0.15, 0.2) is 58.2 Å². The Labute approximate surface area is 175 Å². The van der Waals surface area contributed by atoms with Gasteiger partial charge in [0.05, 0.1) is 17.8 Å². The Morgan fingerprint density at radius 2 is 2.03 bits per heavy atom. The van der Waals surface area contributed by atoms with Gasteiger partial charge in [-0.05, 0) is 36.6 Å². The van der Waals surface area contributed by atoms with Crippen LogP contribution in [0.2, 0.25) is 0 Å². The van der Waals surface area contributed by atoms with E-state index in [4.69, 9.17) is 4.52 Å². The highest BCUT2D eigenvalue weighted by molar-refractivity contribution is 5.83. The molecule has 1 saturated carbocycles. The third-order valence-electron chi connectivity index (χ3n) is 5.84. The van der Waals surface area contributed by atoms with Crippen LogP contribution < -0.4 is 5.56 Å². The molecule has 0 aliphatic heterocycles. The number of hydrogen-bond donors (Lipinski definition) is 0. The summed E-state index contributed by atoms with van der Waals surface area (Å²) < 4.78 is 23.3. The molecule has 4 heterocycles. The molecule has 31 heavy (non-hydrogen) atoms. The predicted octanol–water partition coefficient (Wildman–Crippen LogP) is 3.41. The highest BCUT2D eigenvalue weighted by Crippen LogP contribution is 2.45. The van der Waals surface area contributed by atoms with E-state index in [1.165, 1.54) is 17.0 Å². The lowest BCUT2D eigenvalue weighted by molar-refractivity contribution is 0.421.